The van der Waals surface area contributed by atoms with Gasteiger partial charge >= 0.3 is 5.97 Å². The minimum atomic E-state index is -0.372. The summed E-state index contributed by atoms with van der Waals surface area (Å²) in [6.07, 6.45) is 3.39. The van der Waals surface area contributed by atoms with Crippen LogP contribution < -0.4 is 9.47 Å². The van der Waals surface area contributed by atoms with Gasteiger partial charge in [-0.2, -0.15) is 0 Å². The second-order valence-corrected chi connectivity index (χ2v) is 10.0. The summed E-state index contributed by atoms with van der Waals surface area (Å²) in [4.78, 5) is 26.8. The number of likely N-dealkylation sites (N-methyl/N-ethyl adjacent to an activating group) is 1. The number of allylic oxidation sites excluding steroid dienone is 1. The van der Waals surface area contributed by atoms with Crippen LogP contribution in [0.3, 0.4) is 0 Å². The first kappa shape index (κ1) is 22.2. The summed E-state index contributed by atoms with van der Waals surface area (Å²) in [6, 6.07) is 5.10. The van der Waals surface area contributed by atoms with Gasteiger partial charge < -0.3 is 9.47 Å². The molecule has 3 rings (SSSR count). The van der Waals surface area contributed by atoms with Crippen LogP contribution in [-0.2, 0) is 9.59 Å². The second kappa shape index (κ2) is 8.30. The molecule has 29 heavy (non-hydrogen) atoms. The predicted octanol–water partition coefficient (Wildman–Crippen LogP) is 5.02. The maximum atomic E-state index is 12.7. The fraction of sp³-hybridized carbons (Fsp3) is 0.350. The maximum absolute atomic E-state index is 12.7. The van der Waals surface area contributed by atoms with Gasteiger partial charge in [0.25, 0.3) is 5.91 Å². The summed E-state index contributed by atoms with van der Waals surface area (Å²) < 4.78 is 11.6. The van der Waals surface area contributed by atoms with Gasteiger partial charge in [0.1, 0.15) is 8.81 Å². The fourth-order valence-electron chi connectivity index (χ4n) is 3.30. The highest BCUT2D eigenvalue weighted by atomic mass is 35.5. The van der Waals surface area contributed by atoms with Gasteiger partial charge in [-0.05, 0) is 41.2 Å². The number of methoxy groups -OCH3 is 1. The average Bonchev–Trinajstić information content (AvgIpc) is 3.10. The molecule has 1 aromatic carbocycles. The number of thiocarbonyl (C=S) groups is 1. The monoisotopic (exact) mass is 471 g/mol. The number of carbonyl (C=O) groups excluding carboxylic acids is 2. The number of amides is 1. The van der Waals surface area contributed by atoms with E-state index in [9.17, 15) is 9.59 Å². The number of halogens is 2. The van der Waals surface area contributed by atoms with Crippen molar-refractivity contribution in [2.45, 2.75) is 13.8 Å². The quantitative estimate of drug-likeness (QED) is 0.260. The van der Waals surface area contributed by atoms with E-state index >= 15 is 0 Å². The van der Waals surface area contributed by atoms with Crippen LogP contribution in [-0.4, -0.2) is 35.3 Å². The number of carbonyl (C=O) groups is 2. The molecule has 2 fully saturated rings. The standard InChI is InChI=1S/C20H19Cl2NO4S2/c1-20(2)11(9-15(21)22)16(20)18(25)27-12-6-5-10(7-13(12)26-4)8-14-17(24)23(3)19(28)29-14/h5-9,11,16H,1-4H3/b14-8-/t11-,16-/m0/s1. The van der Waals surface area contributed by atoms with Crippen LogP contribution in [0.1, 0.15) is 19.4 Å². The Morgan fingerprint density at radius 2 is 2.00 bits per heavy atom. The van der Waals surface area contributed by atoms with E-state index in [1.54, 1.807) is 37.4 Å². The molecule has 1 aliphatic carbocycles. The molecule has 0 bridgehead atoms. The number of rotatable bonds is 5. The minimum absolute atomic E-state index is 0.0822. The van der Waals surface area contributed by atoms with Gasteiger partial charge in [0.15, 0.2) is 11.5 Å². The molecule has 5 nitrogen and oxygen atoms in total. The molecule has 0 unspecified atom stereocenters. The molecule has 0 N–H and O–H groups in total. The van der Waals surface area contributed by atoms with Crippen molar-refractivity contribution in [2.24, 2.45) is 17.3 Å². The number of esters is 1. The number of hydrogen-bond acceptors (Lipinski definition) is 6. The first-order chi connectivity index (χ1) is 13.6. The third kappa shape index (κ3) is 4.48. The lowest BCUT2D eigenvalue weighted by Gasteiger charge is -2.11. The molecule has 0 aromatic heterocycles. The molecular weight excluding hydrogens is 453 g/mol. The van der Waals surface area contributed by atoms with Gasteiger partial charge in [-0.3, -0.25) is 14.5 Å². The first-order valence-electron chi connectivity index (χ1n) is 8.70. The van der Waals surface area contributed by atoms with E-state index in [-0.39, 0.29) is 33.6 Å². The normalized spacial score (nSPS) is 23.9. The average molecular weight is 472 g/mol. The molecule has 0 radical (unpaired) electrons. The van der Waals surface area contributed by atoms with Gasteiger partial charge in [-0.25, -0.2) is 0 Å². The highest BCUT2D eigenvalue weighted by Gasteiger charge is 2.61. The lowest BCUT2D eigenvalue weighted by Crippen LogP contribution is -2.22. The summed E-state index contributed by atoms with van der Waals surface area (Å²) in [5, 5.41) is 0. The molecule has 154 valence electrons. The number of nitrogens with zero attached hydrogens (tertiary/aromatic N) is 1. The van der Waals surface area contributed by atoms with Gasteiger partial charge in [0.2, 0.25) is 0 Å². The van der Waals surface area contributed by atoms with E-state index < -0.39 is 0 Å². The minimum Gasteiger partial charge on any atom is -0.493 e. The third-order valence-corrected chi connectivity index (χ3v) is 6.89. The van der Waals surface area contributed by atoms with E-state index in [1.165, 1.54) is 23.8 Å². The van der Waals surface area contributed by atoms with Crippen molar-refractivity contribution in [1.29, 1.82) is 0 Å². The number of ether oxygens (including phenoxy) is 2. The number of benzene rings is 1. The molecule has 1 aromatic rings. The second-order valence-electron chi connectivity index (χ2n) is 7.35. The molecule has 1 aliphatic heterocycles. The van der Waals surface area contributed by atoms with Crippen LogP contribution in [0.15, 0.2) is 33.7 Å². The van der Waals surface area contributed by atoms with E-state index in [1.807, 2.05) is 13.8 Å². The van der Waals surface area contributed by atoms with Crippen molar-refractivity contribution in [3.63, 3.8) is 0 Å². The van der Waals surface area contributed by atoms with E-state index in [0.717, 1.165) is 5.56 Å². The van der Waals surface area contributed by atoms with Crippen molar-refractivity contribution in [3.05, 3.63) is 39.2 Å². The van der Waals surface area contributed by atoms with Crippen LogP contribution in [0, 0.1) is 17.3 Å². The summed E-state index contributed by atoms with van der Waals surface area (Å²) in [5.74, 6) is -0.252. The van der Waals surface area contributed by atoms with Gasteiger partial charge in [-0.15, -0.1) is 0 Å². The zero-order valence-corrected chi connectivity index (χ0v) is 19.3. The Labute approximate surface area is 189 Å². The lowest BCUT2D eigenvalue weighted by molar-refractivity contribution is -0.136. The topological polar surface area (TPSA) is 55.8 Å². The molecule has 2 atom stereocenters. The Morgan fingerprint density at radius 3 is 2.55 bits per heavy atom. The van der Waals surface area contributed by atoms with E-state index in [0.29, 0.717) is 20.7 Å². The summed E-state index contributed by atoms with van der Waals surface area (Å²) in [7, 11) is 3.13. The highest BCUT2D eigenvalue weighted by Crippen LogP contribution is 2.60. The summed E-state index contributed by atoms with van der Waals surface area (Å²) in [5.41, 5.74) is 0.450. The van der Waals surface area contributed by atoms with E-state index in [4.69, 9.17) is 44.9 Å². The predicted molar refractivity (Wildman–Crippen MR) is 120 cm³/mol. The lowest BCUT2D eigenvalue weighted by atomic mass is 10.1. The Hall–Kier alpha value is -1.54. The SMILES string of the molecule is COc1cc(/C=C2\SC(=S)N(C)C2=O)ccc1OC(=O)[C@@H]1[C@H](C=C(Cl)Cl)C1(C)C. The van der Waals surface area contributed by atoms with Crippen LogP contribution in [0.2, 0.25) is 0 Å². The van der Waals surface area contributed by atoms with Crippen LogP contribution in [0.5, 0.6) is 11.5 Å². The smallest absolute Gasteiger partial charge is 0.315 e. The van der Waals surface area contributed by atoms with Crippen LogP contribution >= 0.6 is 47.2 Å². The first-order valence-corrected chi connectivity index (χ1v) is 10.7. The Bertz CT molecular complexity index is 954. The molecule has 0 spiro atoms. The molecular formula is C20H19Cl2NO4S2. The largest absolute Gasteiger partial charge is 0.493 e. The van der Waals surface area contributed by atoms with Gasteiger partial charge in [0, 0.05) is 7.05 Å². The van der Waals surface area contributed by atoms with Crippen LogP contribution in [0.4, 0.5) is 0 Å². The zero-order valence-electron chi connectivity index (χ0n) is 16.2. The molecule has 1 saturated carbocycles. The van der Waals surface area contributed by atoms with Crippen molar-refractivity contribution in [1.82, 2.24) is 4.90 Å². The molecule has 1 heterocycles. The number of hydrogen-bond donors (Lipinski definition) is 0. The Kier molecular flexibility index (Phi) is 6.34. The number of thioether (sulfide) groups is 1. The molecule has 1 amide bonds. The highest BCUT2D eigenvalue weighted by molar-refractivity contribution is 8.26. The third-order valence-electron chi connectivity index (χ3n) is 5.15. The van der Waals surface area contributed by atoms with Crippen molar-refractivity contribution in [3.8, 4) is 11.5 Å². The van der Waals surface area contributed by atoms with Crippen molar-refractivity contribution >= 4 is 69.5 Å². The molecule has 9 heteroatoms. The van der Waals surface area contributed by atoms with Crippen molar-refractivity contribution in [2.75, 3.05) is 14.2 Å². The summed E-state index contributed by atoms with van der Waals surface area (Å²) >= 11 is 17.9. The van der Waals surface area contributed by atoms with Gasteiger partial charge in [-0.1, -0.05) is 67.1 Å². The Balaban J connectivity index is 1.78. The zero-order chi connectivity index (χ0) is 21.5. The molecule has 1 saturated heterocycles. The van der Waals surface area contributed by atoms with E-state index in [2.05, 4.69) is 0 Å². The summed E-state index contributed by atoms with van der Waals surface area (Å²) in [6.45, 7) is 3.92. The molecule has 2 aliphatic rings. The van der Waals surface area contributed by atoms with Gasteiger partial charge in [0.05, 0.1) is 17.9 Å². The Morgan fingerprint density at radius 1 is 1.31 bits per heavy atom. The van der Waals surface area contributed by atoms with Crippen LogP contribution in [0.25, 0.3) is 6.08 Å². The van der Waals surface area contributed by atoms with Crippen molar-refractivity contribution < 1.29 is 19.1 Å². The fourth-order valence-corrected chi connectivity index (χ4v) is 4.75. The maximum Gasteiger partial charge on any atom is 0.315 e.